The van der Waals surface area contributed by atoms with Crippen LogP contribution in [0, 0.1) is 11.8 Å². The van der Waals surface area contributed by atoms with E-state index in [1.807, 2.05) is 4.90 Å². The van der Waals surface area contributed by atoms with Gasteiger partial charge in [0.05, 0.1) is 5.92 Å². The van der Waals surface area contributed by atoms with Crippen LogP contribution < -0.4 is 5.32 Å². The number of carboxylic acids is 1. The smallest absolute Gasteiger partial charge is 0.317 e. The monoisotopic (exact) mass is 256 g/mol. The van der Waals surface area contributed by atoms with Gasteiger partial charge in [0.1, 0.15) is 0 Å². The van der Waals surface area contributed by atoms with Crippen LogP contribution in [0.1, 0.15) is 39.5 Å². The van der Waals surface area contributed by atoms with Crippen LogP contribution in [-0.4, -0.2) is 41.6 Å². The number of carboxylic acid groups (broad SMARTS) is 1. The fourth-order valence-electron chi connectivity index (χ4n) is 2.05. The van der Waals surface area contributed by atoms with E-state index < -0.39 is 5.97 Å². The van der Waals surface area contributed by atoms with Gasteiger partial charge in [0.25, 0.3) is 0 Å². The van der Waals surface area contributed by atoms with Crippen LogP contribution in [0.25, 0.3) is 0 Å². The van der Waals surface area contributed by atoms with E-state index in [2.05, 4.69) is 12.2 Å². The van der Waals surface area contributed by atoms with Gasteiger partial charge in [-0.25, -0.2) is 4.79 Å². The van der Waals surface area contributed by atoms with Crippen LogP contribution in [-0.2, 0) is 4.79 Å². The maximum absolute atomic E-state index is 11.8. The van der Waals surface area contributed by atoms with Crippen molar-refractivity contribution in [3.8, 4) is 0 Å². The highest BCUT2D eigenvalue weighted by atomic mass is 16.4. The lowest BCUT2D eigenvalue weighted by atomic mass is 10.00. The Morgan fingerprint density at radius 1 is 1.39 bits per heavy atom. The summed E-state index contributed by atoms with van der Waals surface area (Å²) in [6.45, 7) is 6.12. The molecule has 104 valence electrons. The highest BCUT2D eigenvalue weighted by Crippen LogP contribution is 2.15. The molecule has 1 atom stereocenters. The highest BCUT2D eigenvalue weighted by Gasteiger charge is 2.19. The van der Waals surface area contributed by atoms with E-state index in [1.165, 1.54) is 0 Å². The third kappa shape index (κ3) is 4.94. The Labute approximate surface area is 109 Å². The summed E-state index contributed by atoms with van der Waals surface area (Å²) in [6.07, 6.45) is 3.46. The molecule has 2 amide bonds. The number of amides is 2. The van der Waals surface area contributed by atoms with Crippen LogP contribution in [0.3, 0.4) is 0 Å². The standard InChI is InChI=1S/C13H24N2O3/c1-10-5-8-15(9-6-10)13(18)14-7-3-4-11(2)12(16)17/h10-11H,3-9H2,1-2H3,(H,14,18)(H,16,17). The zero-order valence-corrected chi connectivity index (χ0v) is 11.3. The summed E-state index contributed by atoms with van der Waals surface area (Å²) in [6, 6.07) is -0.00937. The second kappa shape index (κ2) is 7.24. The molecule has 1 saturated heterocycles. The van der Waals surface area contributed by atoms with Crippen molar-refractivity contribution < 1.29 is 14.7 Å². The lowest BCUT2D eigenvalue weighted by molar-refractivity contribution is -0.141. The van der Waals surface area contributed by atoms with E-state index in [0.29, 0.717) is 25.3 Å². The third-order valence-electron chi connectivity index (χ3n) is 3.58. The first-order valence-corrected chi connectivity index (χ1v) is 6.76. The number of hydrogen-bond acceptors (Lipinski definition) is 2. The molecule has 0 aromatic rings. The molecule has 1 unspecified atom stereocenters. The average Bonchev–Trinajstić information content (AvgIpc) is 2.34. The number of likely N-dealkylation sites (tertiary alicyclic amines) is 1. The van der Waals surface area contributed by atoms with Crippen molar-refractivity contribution in [3.05, 3.63) is 0 Å². The fraction of sp³-hybridized carbons (Fsp3) is 0.846. The minimum atomic E-state index is -0.772. The predicted octanol–water partition coefficient (Wildman–Crippen LogP) is 1.93. The van der Waals surface area contributed by atoms with Gasteiger partial charge in [0.2, 0.25) is 0 Å². The molecule has 18 heavy (non-hydrogen) atoms. The number of nitrogens with zero attached hydrogens (tertiary/aromatic N) is 1. The van der Waals surface area contributed by atoms with Crippen molar-refractivity contribution in [1.82, 2.24) is 10.2 Å². The summed E-state index contributed by atoms with van der Waals surface area (Å²) < 4.78 is 0. The highest BCUT2D eigenvalue weighted by molar-refractivity contribution is 5.74. The quantitative estimate of drug-likeness (QED) is 0.738. The van der Waals surface area contributed by atoms with Crippen molar-refractivity contribution in [2.24, 2.45) is 11.8 Å². The van der Waals surface area contributed by atoms with Crippen molar-refractivity contribution in [2.45, 2.75) is 39.5 Å². The Kier molecular flexibility index (Phi) is 5.95. The summed E-state index contributed by atoms with van der Waals surface area (Å²) in [5, 5.41) is 11.6. The first-order valence-electron chi connectivity index (χ1n) is 6.76. The second-order valence-corrected chi connectivity index (χ2v) is 5.28. The summed E-state index contributed by atoms with van der Waals surface area (Å²) in [5.74, 6) is -0.394. The average molecular weight is 256 g/mol. The number of carbonyl (C=O) groups is 2. The molecule has 1 fully saturated rings. The van der Waals surface area contributed by atoms with Crippen molar-refractivity contribution >= 4 is 12.0 Å². The molecular weight excluding hydrogens is 232 g/mol. The van der Waals surface area contributed by atoms with Gasteiger partial charge in [-0.2, -0.15) is 0 Å². The molecule has 0 aliphatic carbocycles. The fourth-order valence-corrected chi connectivity index (χ4v) is 2.05. The Morgan fingerprint density at radius 3 is 2.56 bits per heavy atom. The van der Waals surface area contributed by atoms with E-state index in [4.69, 9.17) is 5.11 Å². The lowest BCUT2D eigenvalue weighted by Gasteiger charge is -2.30. The molecule has 0 spiro atoms. The Balaban J connectivity index is 2.12. The van der Waals surface area contributed by atoms with Gasteiger partial charge in [-0.1, -0.05) is 13.8 Å². The number of aliphatic carboxylic acids is 1. The lowest BCUT2D eigenvalue weighted by Crippen LogP contribution is -2.44. The minimum absolute atomic E-state index is 0.00937. The number of hydrogen-bond donors (Lipinski definition) is 2. The molecule has 2 N–H and O–H groups in total. The third-order valence-corrected chi connectivity index (χ3v) is 3.58. The van der Waals surface area contributed by atoms with Crippen molar-refractivity contribution in [2.75, 3.05) is 19.6 Å². The molecule has 0 saturated carbocycles. The molecule has 5 nitrogen and oxygen atoms in total. The molecule has 0 aromatic carbocycles. The van der Waals surface area contributed by atoms with Crippen molar-refractivity contribution in [1.29, 1.82) is 0 Å². The van der Waals surface area contributed by atoms with Gasteiger partial charge < -0.3 is 15.3 Å². The van der Waals surface area contributed by atoms with Crippen LogP contribution in [0.15, 0.2) is 0 Å². The van der Waals surface area contributed by atoms with E-state index in [-0.39, 0.29) is 11.9 Å². The molecule has 1 rings (SSSR count). The Morgan fingerprint density at radius 2 is 2.00 bits per heavy atom. The number of carbonyl (C=O) groups excluding carboxylic acids is 1. The number of nitrogens with one attached hydrogen (secondary N) is 1. The normalized spacial score (nSPS) is 18.4. The van der Waals surface area contributed by atoms with E-state index >= 15 is 0 Å². The minimum Gasteiger partial charge on any atom is -0.481 e. The molecule has 1 aliphatic rings. The Hall–Kier alpha value is -1.26. The van der Waals surface area contributed by atoms with Gasteiger partial charge in [0, 0.05) is 19.6 Å². The van der Waals surface area contributed by atoms with Crippen LogP contribution in [0.5, 0.6) is 0 Å². The summed E-state index contributed by atoms with van der Waals surface area (Å²) >= 11 is 0. The summed E-state index contributed by atoms with van der Waals surface area (Å²) in [4.78, 5) is 24.2. The summed E-state index contributed by atoms with van der Waals surface area (Å²) in [5.41, 5.74) is 0. The van der Waals surface area contributed by atoms with Crippen LogP contribution >= 0.6 is 0 Å². The Bertz CT molecular complexity index is 286. The summed E-state index contributed by atoms with van der Waals surface area (Å²) in [7, 11) is 0. The second-order valence-electron chi connectivity index (χ2n) is 5.28. The molecule has 0 radical (unpaired) electrons. The zero-order valence-electron chi connectivity index (χ0n) is 11.3. The van der Waals surface area contributed by atoms with Crippen LogP contribution in [0.4, 0.5) is 4.79 Å². The number of rotatable bonds is 5. The molecule has 1 aliphatic heterocycles. The molecule has 0 bridgehead atoms. The van der Waals surface area contributed by atoms with Gasteiger partial charge in [0.15, 0.2) is 0 Å². The van der Waals surface area contributed by atoms with Gasteiger partial charge in [-0.05, 0) is 31.6 Å². The van der Waals surface area contributed by atoms with Crippen molar-refractivity contribution in [3.63, 3.8) is 0 Å². The first-order chi connectivity index (χ1) is 8.50. The van der Waals surface area contributed by atoms with Crippen LogP contribution in [0.2, 0.25) is 0 Å². The van der Waals surface area contributed by atoms with Gasteiger partial charge >= 0.3 is 12.0 Å². The largest absolute Gasteiger partial charge is 0.481 e. The molecular formula is C13H24N2O3. The van der Waals surface area contributed by atoms with Gasteiger partial charge in [-0.15, -0.1) is 0 Å². The first kappa shape index (κ1) is 14.8. The maximum Gasteiger partial charge on any atom is 0.317 e. The maximum atomic E-state index is 11.8. The predicted molar refractivity (Wildman–Crippen MR) is 69.4 cm³/mol. The SMILES string of the molecule is CC1CCN(C(=O)NCCCC(C)C(=O)O)CC1. The number of piperidine rings is 1. The van der Waals surface area contributed by atoms with Gasteiger partial charge in [-0.3, -0.25) is 4.79 Å². The topological polar surface area (TPSA) is 69.6 Å². The zero-order chi connectivity index (χ0) is 13.5. The molecule has 1 heterocycles. The van der Waals surface area contributed by atoms with E-state index in [0.717, 1.165) is 25.9 Å². The number of urea groups is 1. The van der Waals surface area contributed by atoms with E-state index in [9.17, 15) is 9.59 Å². The van der Waals surface area contributed by atoms with E-state index in [1.54, 1.807) is 6.92 Å². The molecule has 0 aromatic heterocycles. The molecule has 5 heteroatoms.